The van der Waals surface area contributed by atoms with Crippen LogP contribution in [-0.2, 0) is 16.1 Å². The Morgan fingerprint density at radius 1 is 0.963 bits per heavy atom. The van der Waals surface area contributed by atoms with Crippen LogP contribution in [0.15, 0.2) is 48.5 Å². The van der Waals surface area contributed by atoms with Crippen LogP contribution in [0.1, 0.15) is 36.8 Å². The molecule has 2 amide bonds. The van der Waals surface area contributed by atoms with Crippen LogP contribution in [0.5, 0.6) is 0 Å². The van der Waals surface area contributed by atoms with Crippen LogP contribution in [0.3, 0.4) is 0 Å². The zero-order chi connectivity index (χ0) is 19.2. The molecule has 0 radical (unpaired) electrons. The maximum atomic E-state index is 12.4. The first-order chi connectivity index (χ1) is 13.0. The van der Waals surface area contributed by atoms with Gasteiger partial charge in [-0.2, -0.15) is 0 Å². The highest BCUT2D eigenvalue weighted by atomic mass is 35.5. The van der Waals surface area contributed by atoms with E-state index in [9.17, 15) is 9.59 Å². The third-order valence-electron chi connectivity index (χ3n) is 5.11. The van der Waals surface area contributed by atoms with Crippen molar-refractivity contribution in [3.63, 3.8) is 0 Å². The lowest BCUT2D eigenvalue weighted by atomic mass is 9.81. The topological polar surface area (TPSA) is 58.2 Å². The number of rotatable bonds is 5. The van der Waals surface area contributed by atoms with E-state index in [1.54, 1.807) is 12.1 Å². The molecular formula is C22H25ClN2O2. The predicted molar refractivity (Wildman–Crippen MR) is 109 cm³/mol. The summed E-state index contributed by atoms with van der Waals surface area (Å²) in [6.45, 7) is 2.59. The van der Waals surface area contributed by atoms with E-state index in [0.717, 1.165) is 31.2 Å². The number of carbonyl (C=O) groups is 2. The van der Waals surface area contributed by atoms with E-state index in [2.05, 4.69) is 16.7 Å². The minimum atomic E-state index is -0.0511. The van der Waals surface area contributed by atoms with E-state index >= 15 is 0 Å². The fourth-order valence-electron chi connectivity index (χ4n) is 3.58. The third-order valence-corrected chi connectivity index (χ3v) is 5.35. The molecule has 0 aromatic heterocycles. The summed E-state index contributed by atoms with van der Waals surface area (Å²) in [6.07, 6.45) is 2.95. The Hall–Kier alpha value is -2.33. The molecule has 2 aromatic rings. The lowest BCUT2D eigenvalue weighted by Crippen LogP contribution is -2.35. The Kier molecular flexibility index (Phi) is 6.51. The van der Waals surface area contributed by atoms with Gasteiger partial charge in [-0.3, -0.25) is 9.59 Å². The van der Waals surface area contributed by atoms with Crippen molar-refractivity contribution in [2.24, 2.45) is 11.8 Å². The second-order valence-electron chi connectivity index (χ2n) is 7.26. The molecule has 142 valence electrons. The molecule has 5 heteroatoms. The van der Waals surface area contributed by atoms with E-state index in [4.69, 9.17) is 11.6 Å². The molecule has 1 fully saturated rings. The van der Waals surface area contributed by atoms with Gasteiger partial charge in [-0.1, -0.05) is 47.5 Å². The number of amides is 2. The molecule has 2 aromatic carbocycles. The van der Waals surface area contributed by atoms with E-state index in [1.807, 2.05) is 37.3 Å². The third kappa shape index (κ3) is 5.57. The minimum absolute atomic E-state index is 0.00923. The van der Waals surface area contributed by atoms with Gasteiger partial charge in [-0.05, 0) is 56.4 Å². The SMILES string of the molecule is Cc1cccc(CNC(=O)C2CCC(C(=O)Nc3cccc(Cl)c3)CC2)c1. The highest BCUT2D eigenvalue weighted by Crippen LogP contribution is 2.30. The summed E-state index contributed by atoms with van der Waals surface area (Å²) in [5.41, 5.74) is 3.01. The summed E-state index contributed by atoms with van der Waals surface area (Å²) in [5.74, 6) is 0.0379. The van der Waals surface area contributed by atoms with Crippen LogP contribution in [0, 0.1) is 18.8 Å². The molecule has 1 saturated carbocycles. The van der Waals surface area contributed by atoms with E-state index in [-0.39, 0.29) is 23.7 Å². The van der Waals surface area contributed by atoms with E-state index < -0.39 is 0 Å². The summed E-state index contributed by atoms with van der Waals surface area (Å²) in [5, 5.41) is 6.56. The maximum Gasteiger partial charge on any atom is 0.227 e. The lowest BCUT2D eigenvalue weighted by molar-refractivity contribution is -0.128. The van der Waals surface area contributed by atoms with Gasteiger partial charge < -0.3 is 10.6 Å². The number of benzene rings is 2. The van der Waals surface area contributed by atoms with Crippen LogP contribution in [0.2, 0.25) is 5.02 Å². The highest BCUT2D eigenvalue weighted by Gasteiger charge is 2.29. The first kappa shape index (κ1) is 19.4. The molecule has 3 rings (SSSR count). The number of aryl methyl sites for hydroxylation is 1. The van der Waals surface area contributed by atoms with Crippen LogP contribution in [-0.4, -0.2) is 11.8 Å². The molecule has 27 heavy (non-hydrogen) atoms. The lowest BCUT2D eigenvalue weighted by Gasteiger charge is -2.27. The summed E-state index contributed by atoms with van der Waals surface area (Å²) < 4.78 is 0. The van der Waals surface area contributed by atoms with Gasteiger partial charge in [0.15, 0.2) is 0 Å². The summed E-state index contributed by atoms with van der Waals surface area (Å²) in [7, 11) is 0. The van der Waals surface area contributed by atoms with Gasteiger partial charge in [-0.15, -0.1) is 0 Å². The molecule has 0 saturated heterocycles. The minimum Gasteiger partial charge on any atom is -0.352 e. The maximum absolute atomic E-state index is 12.4. The molecule has 1 aliphatic rings. The second kappa shape index (κ2) is 9.05. The number of halogens is 1. The van der Waals surface area contributed by atoms with Crippen molar-refractivity contribution in [3.8, 4) is 0 Å². The molecule has 0 spiro atoms. The molecule has 2 N–H and O–H groups in total. The van der Waals surface area contributed by atoms with Crippen molar-refractivity contribution in [2.75, 3.05) is 5.32 Å². The van der Waals surface area contributed by atoms with Crippen LogP contribution in [0.4, 0.5) is 5.69 Å². The number of hydrogen-bond acceptors (Lipinski definition) is 2. The van der Waals surface area contributed by atoms with Crippen molar-refractivity contribution >= 4 is 29.1 Å². The van der Waals surface area contributed by atoms with Gasteiger partial charge in [0.2, 0.25) is 11.8 Å². The summed E-state index contributed by atoms with van der Waals surface area (Å²) in [4.78, 5) is 24.9. The fourth-order valence-corrected chi connectivity index (χ4v) is 3.77. The standard InChI is InChI=1S/C22H25ClN2O2/c1-15-4-2-5-16(12-15)14-24-21(26)17-8-10-18(11-9-17)22(27)25-20-7-3-6-19(23)13-20/h2-7,12-13,17-18H,8-11,14H2,1H3,(H,24,26)(H,25,27). The largest absolute Gasteiger partial charge is 0.352 e. The Balaban J connectivity index is 1.45. The second-order valence-corrected chi connectivity index (χ2v) is 7.69. The van der Waals surface area contributed by atoms with Crippen LogP contribution >= 0.6 is 11.6 Å². The number of nitrogens with one attached hydrogen (secondary N) is 2. The molecule has 0 atom stereocenters. The smallest absolute Gasteiger partial charge is 0.227 e. The molecule has 4 nitrogen and oxygen atoms in total. The highest BCUT2D eigenvalue weighted by molar-refractivity contribution is 6.30. The summed E-state index contributed by atoms with van der Waals surface area (Å²) in [6, 6.07) is 15.3. The zero-order valence-corrected chi connectivity index (χ0v) is 16.3. The average molecular weight is 385 g/mol. The van der Waals surface area contributed by atoms with Gasteiger partial charge in [0.25, 0.3) is 0 Å². The van der Waals surface area contributed by atoms with Gasteiger partial charge in [0.1, 0.15) is 0 Å². The van der Waals surface area contributed by atoms with Crippen molar-refractivity contribution in [3.05, 3.63) is 64.7 Å². The Bertz CT molecular complexity index is 813. The molecular weight excluding hydrogens is 360 g/mol. The Morgan fingerprint density at radius 2 is 1.63 bits per heavy atom. The van der Waals surface area contributed by atoms with Crippen molar-refractivity contribution in [1.82, 2.24) is 5.32 Å². The molecule has 0 unspecified atom stereocenters. The van der Waals surface area contributed by atoms with Crippen molar-refractivity contribution < 1.29 is 9.59 Å². The number of carbonyl (C=O) groups excluding carboxylic acids is 2. The van der Waals surface area contributed by atoms with Gasteiger partial charge in [0.05, 0.1) is 0 Å². The molecule has 0 heterocycles. The molecule has 0 aliphatic heterocycles. The van der Waals surface area contributed by atoms with Crippen molar-refractivity contribution in [1.29, 1.82) is 0 Å². The van der Waals surface area contributed by atoms with Crippen molar-refractivity contribution in [2.45, 2.75) is 39.2 Å². The Labute approximate surface area is 165 Å². The van der Waals surface area contributed by atoms with E-state index in [0.29, 0.717) is 17.3 Å². The quantitative estimate of drug-likeness (QED) is 0.784. The van der Waals surface area contributed by atoms with Crippen LogP contribution < -0.4 is 10.6 Å². The zero-order valence-electron chi connectivity index (χ0n) is 15.5. The fraction of sp³-hybridized carbons (Fsp3) is 0.364. The van der Waals surface area contributed by atoms with Crippen LogP contribution in [0.25, 0.3) is 0 Å². The monoisotopic (exact) mass is 384 g/mol. The van der Waals surface area contributed by atoms with Gasteiger partial charge in [0, 0.05) is 29.1 Å². The predicted octanol–water partition coefficient (Wildman–Crippen LogP) is 4.71. The molecule has 1 aliphatic carbocycles. The van der Waals surface area contributed by atoms with Gasteiger partial charge >= 0.3 is 0 Å². The first-order valence-electron chi connectivity index (χ1n) is 9.41. The normalized spacial score (nSPS) is 19.3. The Morgan fingerprint density at radius 3 is 2.30 bits per heavy atom. The van der Waals surface area contributed by atoms with Gasteiger partial charge in [-0.25, -0.2) is 0 Å². The first-order valence-corrected chi connectivity index (χ1v) is 9.79. The summed E-state index contributed by atoms with van der Waals surface area (Å²) >= 11 is 5.95. The number of hydrogen-bond donors (Lipinski definition) is 2. The number of anilines is 1. The van der Waals surface area contributed by atoms with E-state index in [1.165, 1.54) is 5.56 Å². The molecule has 0 bridgehead atoms. The average Bonchev–Trinajstić information content (AvgIpc) is 2.66.